The first kappa shape index (κ1) is 17.0. The van der Waals surface area contributed by atoms with Gasteiger partial charge in [-0.3, -0.25) is 14.7 Å². The van der Waals surface area contributed by atoms with Crippen molar-refractivity contribution in [2.75, 3.05) is 18.4 Å². The molecule has 0 saturated carbocycles. The van der Waals surface area contributed by atoms with Crippen molar-refractivity contribution in [2.24, 2.45) is 0 Å². The zero-order valence-electron chi connectivity index (χ0n) is 15.1. The molecule has 1 atom stereocenters. The zero-order chi connectivity index (χ0) is 17.8. The van der Waals surface area contributed by atoms with Crippen molar-refractivity contribution >= 4 is 11.6 Å². The van der Waals surface area contributed by atoms with Crippen LogP contribution in [-0.4, -0.2) is 34.4 Å². The molecule has 2 aliphatic rings. The molecule has 0 bridgehead atoms. The molecule has 1 saturated heterocycles. The van der Waals surface area contributed by atoms with E-state index >= 15 is 0 Å². The van der Waals surface area contributed by atoms with Gasteiger partial charge in [0.05, 0.1) is 5.69 Å². The highest BCUT2D eigenvalue weighted by Crippen LogP contribution is 2.33. The van der Waals surface area contributed by atoms with Crippen LogP contribution in [0.1, 0.15) is 36.9 Å². The number of para-hydroxylation sites is 1. The van der Waals surface area contributed by atoms with Crippen LogP contribution in [0, 0.1) is 0 Å². The SMILES string of the molecule is O=C1CC2(CCCN(Cc3ccccn3)CC2)Nc2ccccc2CN1. The van der Waals surface area contributed by atoms with Crippen LogP contribution in [0.25, 0.3) is 0 Å². The van der Waals surface area contributed by atoms with Crippen molar-refractivity contribution in [3.63, 3.8) is 0 Å². The zero-order valence-corrected chi connectivity index (χ0v) is 15.1. The number of fused-ring (bicyclic) bond motifs is 1. The molecule has 1 aromatic heterocycles. The molecule has 4 rings (SSSR count). The van der Waals surface area contributed by atoms with E-state index in [4.69, 9.17) is 0 Å². The third kappa shape index (κ3) is 3.88. The summed E-state index contributed by atoms with van der Waals surface area (Å²) in [6.45, 7) is 3.49. The van der Waals surface area contributed by atoms with Gasteiger partial charge >= 0.3 is 0 Å². The van der Waals surface area contributed by atoms with Crippen molar-refractivity contribution in [3.05, 3.63) is 59.9 Å². The Bertz CT molecular complexity index is 764. The van der Waals surface area contributed by atoms with Crippen LogP contribution in [0.2, 0.25) is 0 Å². The number of rotatable bonds is 2. The van der Waals surface area contributed by atoms with E-state index in [1.807, 2.05) is 24.4 Å². The Balaban J connectivity index is 1.51. The Morgan fingerprint density at radius 1 is 1.08 bits per heavy atom. The lowest BCUT2D eigenvalue weighted by molar-refractivity contribution is -0.122. The molecular formula is C21H26N4O. The first-order valence-corrected chi connectivity index (χ1v) is 9.48. The first-order valence-electron chi connectivity index (χ1n) is 9.48. The van der Waals surface area contributed by atoms with Crippen LogP contribution in [0.3, 0.4) is 0 Å². The van der Waals surface area contributed by atoms with E-state index in [0.717, 1.165) is 55.8 Å². The van der Waals surface area contributed by atoms with Crippen LogP contribution in [0.5, 0.6) is 0 Å². The van der Waals surface area contributed by atoms with Crippen LogP contribution < -0.4 is 10.6 Å². The average molecular weight is 350 g/mol. The summed E-state index contributed by atoms with van der Waals surface area (Å²) >= 11 is 0. The second kappa shape index (κ2) is 7.46. The van der Waals surface area contributed by atoms with Gasteiger partial charge in [-0.25, -0.2) is 0 Å². The number of anilines is 1. The number of carbonyl (C=O) groups excluding carboxylic acids is 1. The summed E-state index contributed by atoms with van der Waals surface area (Å²) in [6.07, 6.45) is 5.44. The lowest BCUT2D eigenvalue weighted by atomic mass is 9.85. The van der Waals surface area contributed by atoms with Crippen molar-refractivity contribution < 1.29 is 4.79 Å². The minimum Gasteiger partial charge on any atom is -0.379 e. The Morgan fingerprint density at radius 3 is 2.85 bits per heavy atom. The monoisotopic (exact) mass is 350 g/mol. The minimum absolute atomic E-state index is 0.144. The molecule has 1 aromatic carbocycles. The molecule has 0 aliphatic carbocycles. The minimum atomic E-state index is -0.167. The van der Waals surface area contributed by atoms with E-state index in [2.05, 4.69) is 44.8 Å². The number of nitrogens with zero attached hydrogens (tertiary/aromatic N) is 2. The molecule has 1 unspecified atom stereocenters. The second-order valence-corrected chi connectivity index (χ2v) is 7.47. The smallest absolute Gasteiger partial charge is 0.222 e. The maximum atomic E-state index is 12.4. The highest BCUT2D eigenvalue weighted by Gasteiger charge is 2.36. The van der Waals surface area contributed by atoms with Crippen LogP contribution in [0.15, 0.2) is 48.7 Å². The van der Waals surface area contributed by atoms with E-state index < -0.39 is 0 Å². The van der Waals surface area contributed by atoms with Gasteiger partial charge in [0.15, 0.2) is 0 Å². The molecule has 1 amide bonds. The number of benzene rings is 1. The number of amides is 1. The number of hydrogen-bond acceptors (Lipinski definition) is 4. The Hall–Kier alpha value is -2.40. The molecule has 3 heterocycles. The topological polar surface area (TPSA) is 57.3 Å². The van der Waals surface area contributed by atoms with Crippen molar-refractivity contribution in [2.45, 2.75) is 44.3 Å². The first-order chi connectivity index (χ1) is 12.7. The predicted molar refractivity (Wildman–Crippen MR) is 103 cm³/mol. The molecule has 26 heavy (non-hydrogen) atoms. The van der Waals surface area contributed by atoms with Gasteiger partial charge in [-0.2, -0.15) is 0 Å². The number of likely N-dealkylation sites (tertiary alicyclic amines) is 1. The summed E-state index contributed by atoms with van der Waals surface area (Å²) in [4.78, 5) is 19.3. The molecule has 5 heteroatoms. The summed E-state index contributed by atoms with van der Waals surface area (Å²) < 4.78 is 0. The van der Waals surface area contributed by atoms with E-state index in [1.165, 1.54) is 0 Å². The lowest BCUT2D eigenvalue weighted by Gasteiger charge is -2.37. The van der Waals surface area contributed by atoms with Gasteiger partial charge in [0.25, 0.3) is 0 Å². The maximum Gasteiger partial charge on any atom is 0.222 e. The van der Waals surface area contributed by atoms with Gasteiger partial charge in [-0.1, -0.05) is 24.3 Å². The van der Waals surface area contributed by atoms with Gasteiger partial charge in [0.2, 0.25) is 5.91 Å². The van der Waals surface area contributed by atoms with E-state index in [-0.39, 0.29) is 11.4 Å². The van der Waals surface area contributed by atoms with E-state index in [9.17, 15) is 4.79 Å². The molecule has 1 fully saturated rings. The number of pyridine rings is 1. The van der Waals surface area contributed by atoms with E-state index in [0.29, 0.717) is 13.0 Å². The van der Waals surface area contributed by atoms with Gasteiger partial charge in [-0.05, 0) is 49.6 Å². The molecule has 2 aromatic rings. The van der Waals surface area contributed by atoms with Crippen molar-refractivity contribution in [1.29, 1.82) is 0 Å². The summed E-state index contributed by atoms with van der Waals surface area (Å²) in [7, 11) is 0. The molecule has 0 radical (unpaired) electrons. The second-order valence-electron chi connectivity index (χ2n) is 7.47. The summed E-state index contributed by atoms with van der Waals surface area (Å²) in [6, 6.07) is 14.4. The number of aromatic nitrogens is 1. The molecule has 2 aliphatic heterocycles. The normalized spacial score (nSPS) is 23.9. The standard InChI is InChI=1S/C21H26N4O/c26-20-14-21(24-19-8-2-1-6-17(19)15-23-20)9-5-12-25(13-10-21)16-18-7-3-4-11-22-18/h1-4,6-8,11,24H,5,9-10,12-16H2,(H,23,26). The number of nitrogens with one attached hydrogen (secondary N) is 2. The molecule has 136 valence electrons. The lowest BCUT2D eigenvalue weighted by Crippen LogP contribution is -2.46. The predicted octanol–water partition coefficient (Wildman–Crippen LogP) is 2.94. The Labute approximate surface area is 154 Å². The van der Waals surface area contributed by atoms with Crippen molar-refractivity contribution in [3.8, 4) is 0 Å². The van der Waals surface area contributed by atoms with Crippen LogP contribution >= 0.6 is 0 Å². The van der Waals surface area contributed by atoms with Gasteiger partial charge in [-0.15, -0.1) is 0 Å². The van der Waals surface area contributed by atoms with Gasteiger partial charge < -0.3 is 10.6 Å². The highest BCUT2D eigenvalue weighted by atomic mass is 16.1. The summed E-state index contributed by atoms with van der Waals surface area (Å²) in [5, 5.41) is 6.85. The van der Waals surface area contributed by atoms with Gasteiger partial charge in [0, 0.05) is 43.5 Å². The highest BCUT2D eigenvalue weighted by molar-refractivity contribution is 5.79. The summed E-state index contributed by atoms with van der Waals surface area (Å²) in [5.41, 5.74) is 3.26. The molecular weight excluding hydrogens is 324 g/mol. The fourth-order valence-corrected chi connectivity index (χ4v) is 4.12. The average Bonchev–Trinajstić information content (AvgIpc) is 2.83. The maximum absolute atomic E-state index is 12.4. The van der Waals surface area contributed by atoms with Crippen LogP contribution in [-0.2, 0) is 17.9 Å². The third-order valence-electron chi connectivity index (χ3n) is 5.54. The van der Waals surface area contributed by atoms with Crippen molar-refractivity contribution in [1.82, 2.24) is 15.2 Å². The summed E-state index contributed by atoms with van der Waals surface area (Å²) in [5.74, 6) is 0.144. The van der Waals surface area contributed by atoms with E-state index in [1.54, 1.807) is 0 Å². The fourth-order valence-electron chi connectivity index (χ4n) is 4.12. The number of carbonyl (C=O) groups is 1. The fraction of sp³-hybridized carbons (Fsp3) is 0.429. The largest absolute Gasteiger partial charge is 0.379 e. The molecule has 1 spiro atoms. The van der Waals surface area contributed by atoms with Crippen LogP contribution in [0.4, 0.5) is 5.69 Å². The third-order valence-corrected chi connectivity index (χ3v) is 5.54. The number of hydrogen-bond donors (Lipinski definition) is 2. The quantitative estimate of drug-likeness (QED) is 0.874. The molecule has 5 nitrogen and oxygen atoms in total. The Morgan fingerprint density at radius 2 is 1.96 bits per heavy atom. The van der Waals surface area contributed by atoms with Gasteiger partial charge in [0.1, 0.15) is 0 Å². The molecule has 2 N–H and O–H groups in total. The Kier molecular flexibility index (Phi) is 4.89.